The predicted molar refractivity (Wildman–Crippen MR) is 85.5 cm³/mol. The summed E-state index contributed by atoms with van der Waals surface area (Å²) in [6.45, 7) is 3.07. The smallest absolute Gasteiger partial charge is 0.0726 e. The van der Waals surface area contributed by atoms with Crippen molar-refractivity contribution in [1.82, 2.24) is 9.88 Å². The zero-order valence-electron chi connectivity index (χ0n) is 11.8. The van der Waals surface area contributed by atoms with Crippen LogP contribution in [0.15, 0.2) is 30.3 Å². The number of aromatic nitrogens is 1. The summed E-state index contributed by atoms with van der Waals surface area (Å²) in [7, 11) is 2.13. The number of rotatable bonds is 5. The summed E-state index contributed by atoms with van der Waals surface area (Å²) < 4.78 is 0. The minimum atomic E-state index is 0.532. The standard InChI is InChI=1S/C15H21N3S/c1-11(10-19-3)18(2)9-12-8-14(16)13-6-4-5-7-15(13)17-12/h4-8,11H,9-10H2,1-3H3,(H2,16,17). The SMILES string of the molecule is CSCC(C)N(C)Cc1cc(N)c2ccccc2n1. The van der Waals surface area contributed by atoms with E-state index in [1.807, 2.05) is 42.1 Å². The Morgan fingerprint density at radius 2 is 2.11 bits per heavy atom. The van der Waals surface area contributed by atoms with E-state index < -0.39 is 0 Å². The summed E-state index contributed by atoms with van der Waals surface area (Å²) in [5.41, 5.74) is 8.93. The van der Waals surface area contributed by atoms with E-state index in [1.165, 1.54) is 0 Å². The Balaban J connectivity index is 2.21. The van der Waals surface area contributed by atoms with Gasteiger partial charge in [-0.05, 0) is 32.4 Å². The third kappa shape index (κ3) is 3.39. The van der Waals surface area contributed by atoms with Gasteiger partial charge < -0.3 is 5.73 Å². The summed E-state index contributed by atoms with van der Waals surface area (Å²) in [6, 6.07) is 10.5. The molecule has 0 spiro atoms. The molecular weight excluding hydrogens is 254 g/mol. The Labute approximate surface area is 119 Å². The van der Waals surface area contributed by atoms with E-state index in [1.54, 1.807) is 0 Å². The molecule has 0 amide bonds. The Kier molecular flexibility index (Phi) is 4.66. The molecule has 1 heterocycles. The van der Waals surface area contributed by atoms with E-state index in [0.29, 0.717) is 6.04 Å². The average molecular weight is 275 g/mol. The number of nitrogens with zero attached hydrogens (tertiary/aromatic N) is 2. The zero-order valence-corrected chi connectivity index (χ0v) is 12.6. The fourth-order valence-electron chi connectivity index (χ4n) is 2.12. The van der Waals surface area contributed by atoms with Gasteiger partial charge in [-0.25, -0.2) is 0 Å². The number of nitrogens with two attached hydrogens (primary N) is 1. The van der Waals surface area contributed by atoms with Crippen molar-refractivity contribution in [3.8, 4) is 0 Å². The van der Waals surface area contributed by atoms with Gasteiger partial charge in [-0.2, -0.15) is 11.8 Å². The van der Waals surface area contributed by atoms with Gasteiger partial charge in [0.2, 0.25) is 0 Å². The van der Waals surface area contributed by atoms with Gasteiger partial charge in [0.15, 0.2) is 0 Å². The molecule has 4 heteroatoms. The van der Waals surface area contributed by atoms with Gasteiger partial charge in [0.1, 0.15) is 0 Å². The number of pyridine rings is 1. The van der Waals surface area contributed by atoms with Crippen molar-refractivity contribution in [3.63, 3.8) is 0 Å². The van der Waals surface area contributed by atoms with Gasteiger partial charge in [0.25, 0.3) is 0 Å². The molecule has 2 aromatic rings. The maximum atomic E-state index is 6.10. The molecule has 1 aromatic heterocycles. The fourth-order valence-corrected chi connectivity index (χ4v) is 2.86. The van der Waals surface area contributed by atoms with Crippen LogP contribution in [0.25, 0.3) is 10.9 Å². The molecule has 0 radical (unpaired) electrons. The first kappa shape index (κ1) is 14.2. The lowest BCUT2D eigenvalue weighted by Crippen LogP contribution is -2.30. The Hall–Kier alpha value is -1.26. The molecule has 1 unspecified atom stereocenters. The zero-order chi connectivity index (χ0) is 13.8. The van der Waals surface area contributed by atoms with E-state index >= 15 is 0 Å². The van der Waals surface area contributed by atoms with Gasteiger partial charge in [-0.3, -0.25) is 9.88 Å². The Morgan fingerprint density at radius 3 is 2.84 bits per heavy atom. The third-order valence-corrected chi connectivity index (χ3v) is 4.19. The van der Waals surface area contributed by atoms with Crippen LogP contribution in [0.5, 0.6) is 0 Å². The van der Waals surface area contributed by atoms with Gasteiger partial charge in [0, 0.05) is 29.4 Å². The van der Waals surface area contributed by atoms with Gasteiger partial charge in [0.05, 0.1) is 11.2 Å². The first-order chi connectivity index (χ1) is 9.11. The molecular formula is C15H21N3S. The minimum Gasteiger partial charge on any atom is -0.398 e. The lowest BCUT2D eigenvalue weighted by molar-refractivity contribution is 0.267. The van der Waals surface area contributed by atoms with Gasteiger partial charge >= 0.3 is 0 Å². The molecule has 0 fully saturated rings. The Morgan fingerprint density at radius 1 is 1.37 bits per heavy atom. The molecule has 0 saturated carbocycles. The molecule has 0 aliphatic heterocycles. The van der Waals surface area contributed by atoms with Crippen LogP contribution in [-0.2, 0) is 6.54 Å². The van der Waals surface area contributed by atoms with Crippen LogP contribution in [0.4, 0.5) is 5.69 Å². The topological polar surface area (TPSA) is 42.1 Å². The number of fused-ring (bicyclic) bond motifs is 1. The van der Waals surface area contributed by atoms with Gasteiger partial charge in [-0.15, -0.1) is 0 Å². The second kappa shape index (κ2) is 6.26. The molecule has 2 rings (SSSR count). The molecule has 1 aromatic carbocycles. The first-order valence-electron chi connectivity index (χ1n) is 6.45. The second-order valence-electron chi connectivity index (χ2n) is 4.94. The maximum Gasteiger partial charge on any atom is 0.0726 e. The summed E-state index contributed by atoms with van der Waals surface area (Å²) in [5, 5.41) is 1.03. The summed E-state index contributed by atoms with van der Waals surface area (Å²) in [5.74, 6) is 1.12. The summed E-state index contributed by atoms with van der Waals surface area (Å²) >= 11 is 1.87. The normalized spacial score (nSPS) is 13.1. The van der Waals surface area contributed by atoms with E-state index in [0.717, 1.165) is 34.6 Å². The van der Waals surface area contributed by atoms with Crippen molar-refractivity contribution in [3.05, 3.63) is 36.0 Å². The molecule has 2 N–H and O–H groups in total. The highest BCUT2D eigenvalue weighted by molar-refractivity contribution is 7.98. The van der Waals surface area contributed by atoms with Crippen LogP contribution in [0.3, 0.4) is 0 Å². The first-order valence-corrected chi connectivity index (χ1v) is 7.84. The van der Waals surface area contributed by atoms with Crippen LogP contribution in [0.2, 0.25) is 0 Å². The van der Waals surface area contributed by atoms with E-state index in [2.05, 4.69) is 25.1 Å². The lowest BCUT2D eigenvalue weighted by Gasteiger charge is -2.23. The molecule has 0 bridgehead atoms. The lowest BCUT2D eigenvalue weighted by atomic mass is 10.1. The van der Waals surface area contributed by atoms with Crippen molar-refractivity contribution in [2.45, 2.75) is 19.5 Å². The molecule has 0 saturated heterocycles. The molecule has 102 valence electrons. The molecule has 0 aliphatic carbocycles. The van der Waals surface area contributed by atoms with Crippen molar-refractivity contribution < 1.29 is 0 Å². The Bertz CT molecular complexity index is 556. The number of hydrogen-bond donors (Lipinski definition) is 1. The number of nitrogen functional groups attached to an aromatic ring is 1. The quantitative estimate of drug-likeness (QED) is 0.911. The molecule has 3 nitrogen and oxygen atoms in total. The van der Waals surface area contributed by atoms with E-state index in [4.69, 9.17) is 10.7 Å². The number of thioether (sulfide) groups is 1. The predicted octanol–water partition coefficient (Wildman–Crippen LogP) is 3.00. The number of hydrogen-bond acceptors (Lipinski definition) is 4. The third-order valence-electron chi connectivity index (χ3n) is 3.37. The molecule has 1 atom stereocenters. The van der Waals surface area contributed by atoms with Crippen molar-refractivity contribution >= 4 is 28.4 Å². The number of benzene rings is 1. The molecule has 19 heavy (non-hydrogen) atoms. The summed E-state index contributed by atoms with van der Waals surface area (Å²) in [6.07, 6.45) is 2.14. The highest BCUT2D eigenvalue weighted by Gasteiger charge is 2.11. The van der Waals surface area contributed by atoms with Crippen LogP contribution in [0, 0.1) is 0 Å². The number of anilines is 1. The average Bonchev–Trinajstić information content (AvgIpc) is 2.39. The van der Waals surface area contributed by atoms with E-state index in [9.17, 15) is 0 Å². The minimum absolute atomic E-state index is 0.532. The van der Waals surface area contributed by atoms with Crippen LogP contribution >= 0.6 is 11.8 Å². The van der Waals surface area contributed by atoms with Crippen LogP contribution in [0.1, 0.15) is 12.6 Å². The fraction of sp³-hybridized carbons (Fsp3) is 0.400. The monoisotopic (exact) mass is 275 g/mol. The van der Waals surface area contributed by atoms with Crippen LogP contribution < -0.4 is 5.73 Å². The second-order valence-corrected chi connectivity index (χ2v) is 5.85. The highest BCUT2D eigenvalue weighted by atomic mass is 32.2. The highest BCUT2D eigenvalue weighted by Crippen LogP contribution is 2.21. The van der Waals surface area contributed by atoms with E-state index in [-0.39, 0.29) is 0 Å². The van der Waals surface area contributed by atoms with Crippen molar-refractivity contribution in [2.75, 3.05) is 24.8 Å². The largest absolute Gasteiger partial charge is 0.398 e. The van der Waals surface area contributed by atoms with Gasteiger partial charge in [-0.1, -0.05) is 18.2 Å². The van der Waals surface area contributed by atoms with Crippen molar-refractivity contribution in [1.29, 1.82) is 0 Å². The maximum absolute atomic E-state index is 6.10. The van der Waals surface area contributed by atoms with Crippen LogP contribution in [-0.4, -0.2) is 35.0 Å². The molecule has 0 aliphatic rings. The van der Waals surface area contributed by atoms with Crippen molar-refractivity contribution in [2.24, 2.45) is 0 Å². The number of para-hydroxylation sites is 1. The summed E-state index contributed by atoms with van der Waals surface area (Å²) in [4.78, 5) is 7.00.